The van der Waals surface area contributed by atoms with Crippen molar-refractivity contribution < 1.29 is 18.4 Å². The van der Waals surface area contributed by atoms with Gasteiger partial charge in [0.2, 0.25) is 11.8 Å². The van der Waals surface area contributed by atoms with Crippen molar-refractivity contribution >= 4 is 17.5 Å². The van der Waals surface area contributed by atoms with Crippen LogP contribution in [0.3, 0.4) is 0 Å². The second-order valence-electron chi connectivity index (χ2n) is 4.42. The van der Waals surface area contributed by atoms with E-state index in [1.807, 2.05) is 0 Å². The fraction of sp³-hybridized carbons (Fsp3) is 0.385. The molecule has 0 aromatic heterocycles. The zero-order chi connectivity index (χ0) is 13.8. The van der Waals surface area contributed by atoms with Gasteiger partial charge in [-0.15, -0.1) is 0 Å². The predicted molar refractivity (Wildman–Crippen MR) is 65.4 cm³/mol. The van der Waals surface area contributed by atoms with E-state index in [2.05, 4.69) is 5.32 Å². The number of para-hydroxylation sites is 1. The average Bonchev–Trinajstić information content (AvgIpc) is 2.37. The van der Waals surface area contributed by atoms with Crippen LogP contribution >= 0.6 is 0 Å². The molecule has 0 atom stereocenters. The lowest BCUT2D eigenvalue weighted by Crippen LogP contribution is -2.40. The first kappa shape index (κ1) is 13.5. The van der Waals surface area contributed by atoms with Crippen molar-refractivity contribution in [2.24, 2.45) is 0 Å². The Hall–Kier alpha value is -1.98. The van der Waals surface area contributed by atoms with Gasteiger partial charge in [-0.3, -0.25) is 9.59 Å². The normalized spacial score (nSPS) is 15.5. The summed E-state index contributed by atoms with van der Waals surface area (Å²) in [6, 6.07) is 3.34. The first-order valence-corrected chi connectivity index (χ1v) is 6.09. The first-order valence-electron chi connectivity index (χ1n) is 6.09. The molecular weight excluding hydrogens is 254 g/mol. The molecule has 1 aliphatic rings. The van der Waals surface area contributed by atoms with E-state index >= 15 is 0 Å². The molecule has 1 fully saturated rings. The number of carbonyl (C=O) groups is 2. The fourth-order valence-electron chi connectivity index (χ4n) is 2.00. The highest BCUT2D eigenvalue weighted by Gasteiger charge is 2.21. The molecule has 0 radical (unpaired) electrons. The number of likely N-dealkylation sites (tertiary alicyclic amines) is 1. The highest BCUT2D eigenvalue weighted by atomic mass is 19.1. The summed E-state index contributed by atoms with van der Waals surface area (Å²) in [7, 11) is 0. The third-order valence-corrected chi connectivity index (χ3v) is 2.98. The molecule has 0 bridgehead atoms. The van der Waals surface area contributed by atoms with Crippen molar-refractivity contribution in [2.45, 2.75) is 19.3 Å². The molecule has 0 spiro atoms. The van der Waals surface area contributed by atoms with Gasteiger partial charge in [-0.2, -0.15) is 0 Å². The molecule has 2 amide bonds. The number of hydrogen-bond donors (Lipinski definition) is 1. The maximum atomic E-state index is 13.3. The monoisotopic (exact) mass is 268 g/mol. The molecule has 1 heterocycles. The van der Waals surface area contributed by atoms with Crippen molar-refractivity contribution in [3.05, 3.63) is 29.8 Å². The van der Waals surface area contributed by atoms with E-state index in [1.165, 1.54) is 11.0 Å². The molecular formula is C13H14F2N2O2. The zero-order valence-corrected chi connectivity index (χ0v) is 10.3. The number of halogens is 2. The number of hydrogen-bond acceptors (Lipinski definition) is 2. The van der Waals surface area contributed by atoms with Gasteiger partial charge < -0.3 is 10.2 Å². The Kier molecular flexibility index (Phi) is 4.09. The van der Waals surface area contributed by atoms with Crippen molar-refractivity contribution in [2.75, 3.05) is 18.4 Å². The quantitative estimate of drug-likeness (QED) is 0.910. The Balaban J connectivity index is 1.99. The van der Waals surface area contributed by atoms with Gasteiger partial charge in [-0.1, -0.05) is 6.07 Å². The molecule has 6 heteroatoms. The van der Waals surface area contributed by atoms with Crippen molar-refractivity contribution in [3.63, 3.8) is 0 Å². The summed E-state index contributed by atoms with van der Waals surface area (Å²) in [5, 5.41) is 2.16. The lowest BCUT2D eigenvalue weighted by Gasteiger charge is -2.26. The van der Waals surface area contributed by atoms with Gasteiger partial charge in [-0.05, 0) is 25.0 Å². The minimum Gasteiger partial charge on any atom is -0.333 e. The van der Waals surface area contributed by atoms with E-state index < -0.39 is 23.2 Å². The number of benzene rings is 1. The molecule has 1 aliphatic heterocycles. The molecule has 0 aliphatic carbocycles. The lowest BCUT2D eigenvalue weighted by molar-refractivity contribution is -0.136. The maximum Gasteiger partial charge on any atom is 0.244 e. The number of carbonyl (C=O) groups excluding carboxylic acids is 2. The van der Waals surface area contributed by atoms with E-state index in [0.717, 1.165) is 25.0 Å². The molecule has 2 rings (SSSR count). The van der Waals surface area contributed by atoms with Crippen molar-refractivity contribution in [1.29, 1.82) is 0 Å². The van der Waals surface area contributed by atoms with Gasteiger partial charge in [0.15, 0.2) is 0 Å². The van der Waals surface area contributed by atoms with Gasteiger partial charge in [0.25, 0.3) is 0 Å². The summed E-state index contributed by atoms with van der Waals surface area (Å²) in [4.78, 5) is 24.6. The topological polar surface area (TPSA) is 49.4 Å². The maximum absolute atomic E-state index is 13.3. The van der Waals surface area contributed by atoms with Crippen LogP contribution in [0.4, 0.5) is 14.5 Å². The Bertz CT molecular complexity index is 485. The highest BCUT2D eigenvalue weighted by molar-refractivity contribution is 5.94. The van der Waals surface area contributed by atoms with E-state index in [-0.39, 0.29) is 12.5 Å². The number of piperidine rings is 1. The van der Waals surface area contributed by atoms with E-state index in [1.54, 1.807) is 0 Å². The average molecular weight is 268 g/mol. The zero-order valence-electron chi connectivity index (χ0n) is 10.3. The summed E-state index contributed by atoms with van der Waals surface area (Å²) < 4.78 is 26.7. The van der Waals surface area contributed by atoms with Crippen LogP contribution in [0.1, 0.15) is 19.3 Å². The third kappa shape index (κ3) is 3.27. The number of anilines is 1. The van der Waals surface area contributed by atoms with Crippen molar-refractivity contribution in [1.82, 2.24) is 4.90 Å². The molecule has 4 nitrogen and oxygen atoms in total. The molecule has 1 aromatic carbocycles. The number of nitrogens with zero attached hydrogens (tertiary/aromatic N) is 1. The Morgan fingerprint density at radius 3 is 2.58 bits per heavy atom. The van der Waals surface area contributed by atoms with Crippen LogP contribution in [0.2, 0.25) is 0 Å². The molecule has 1 aromatic rings. The largest absolute Gasteiger partial charge is 0.333 e. The summed E-state index contributed by atoms with van der Waals surface area (Å²) in [6.45, 7) is 0.332. The van der Waals surface area contributed by atoms with Gasteiger partial charge in [0.05, 0.1) is 6.54 Å². The van der Waals surface area contributed by atoms with Crippen LogP contribution in [0.15, 0.2) is 18.2 Å². The Morgan fingerprint density at radius 2 is 1.95 bits per heavy atom. The van der Waals surface area contributed by atoms with E-state index in [4.69, 9.17) is 0 Å². The van der Waals surface area contributed by atoms with Crippen LogP contribution in [0.25, 0.3) is 0 Å². The molecule has 19 heavy (non-hydrogen) atoms. The van der Waals surface area contributed by atoms with Crippen LogP contribution in [0.5, 0.6) is 0 Å². The van der Waals surface area contributed by atoms with Gasteiger partial charge in [-0.25, -0.2) is 8.78 Å². The number of rotatable bonds is 3. The molecule has 102 valence electrons. The second kappa shape index (κ2) is 5.77. The number of nitrogens with one attached hydrogen (secondary N) is 1. The molecule has 1 saturated heterocycles. The first-order chi connectivity index (χ1) is 9.08. The van der Waals surface area contributed by atoms with Crippen LogP contribution in [0, 0.1) is 11.6 Å². The molecule has 0 unspecified atom stereocenters. The molecule has 0 saturated carbocycles. The van der Waals surface area contributed by atoms with Crippen LogP contribution in [-0.4, -0.2) is 29.8 Å². The third-order valence-electron chi connectivity index (χ3n) is 2.98. The van der Waals surface area contributed by atoms with Crippen molar-refractivity contribution in [3.8, 4) is 0 Å². The Labute approximate surface area is 109 Å². The van der Waals surface area contributed by atoms with Crippen LogP contribution in [-0.2, 0) is 9.59 Å². The summed E-state index contributed by atoms with van der Waals surface area (Å²) in [5.41, 5.74) is -0.475. The standard InChI is InChI=1S/C13H14F2N2O2/c14-9-4-3-5-10(15)13(9)16-11(18)8-17-7-2-1-6-12(17)19/h3-5H,1-2,6-8H2,(H,16,18). The smallest absolute Gasteiger partial charge is 0.244 e. The molecule has 1 N–H and O–H groups in total. The van der Waals surface area contributed by atoms with E-state index in [9.17, 15) is 18.4 Å². The summed E-state index contributed by atoms with van der Waals surface area (Å²) >= 11 is 0. The predicted octanol–water partition coefficient (Wildman–Crippen LogP) is 1.92. The second-order valence-corrected chi connectivity index (χ2v) is 4.42. The minimum absolute atomic E-state index is 0.101. The number of amides is 2. The van der Waals surface area contributed by atoms with Gasteiger partial charge >= 0.3 is 0 Å². The highest BCUT2D eigenvalue weighted by Crippen LogP contribution is 2.18. The van der Waals surface area contributed by atoms with Gasteiger partial charge in [0, 0.05) is 13.0 Å². The summed E-state index contributed by atoms with van der Waals surface area (Å²) in [5.74, 6) is -2.37. The van der Waals surface area contributed by atoms with Gasteiger partial charge in [0.1, 0.15) is 17.3 Å². The summed E-state index contributed by atoms with van der Waals surface area (Å²) in [6.07, 6.45) is 2.08. The van der Waals surface area contributed by atoms with E-state index in [0.29, 0.717) is 13.0 Å². The van der Waals surface area contributed by atoms with Crippen LogP contribution < -0.4 is 5.32 Å². The SMILES string of the molecule is O=C(CN1CCCCC1=O)Nc1c(F)cccc1F. The minimum atomic E-state index is -0.835. The lowest BCUT2D eigenvalue weighted by atomic mass is 10.1. The fourth-order valence-corrected chi connectivity index (χ4v) is 2.00. The Morgan fingerprint density at radius 1 is 1.26 bits per heavy atom.